The number of carbonyl (C=O) groups is 2. The molecule has 156 valence electrons. The number of aryl methyl sites for hydroxylation is 1. The van der Waals surface area contributed by atoms with Crippen LogP contribution in [-0.4, -0.2) is 28.1 Å². The second-order valence-corrected chi connectivity index (χ2v) is 9.02. The number of halogens is 1. The predicted octanol–water partition coefficient (Wildman–Crippen LogP) is 4.61. The quantitative estimate of drug-likeness (QED) is 0.573. The van der Waals surface area contributed by atoms with E-state index in [9.17, 15) is 9.59 Å². The number of para-hydroxylation sites is 1. The average molecular weight is 469 g/mol. The van der Waals surface area contributed by atoms with Crippen LogP contribution in [0.5, 0.6) is 0 Å². The standard InChI is InChI=1S/C23H25BrN4O2/c1-15-8-5-6-11-18(15)28-20(13-19(27-28)23(2,3)4)26-21(29)14-25-22(30)16-9-7-10-17(24)12-16/h5-13H,14H2,1-4H3,(H,25,30)(H,26,29). The molecule has 0 spiro atoms. The van der Waals surface area contributed by atoms with E-state index in [-0.39, 0.29) is 23.8 Å². The highest BCUT2D eigenvalue weighted by Crippen LogP contribution is 2.27. The SMILES string of the molecule is Cc1ccccc1-n1nc(C(C)(C)C)cc1NC(=O)CNC(=O)c1cccc(Br)c1. The Balaban J connectivity index is 1.78. The monoisotopic (exact) mass is 468 g/mol. The molecule has 30 heavy (non-hydrogen) atoms. The number of carbonyl (C=O) groups excluding carboxylic acids is 2. The minimum atomic E-state index is -0.325. The Hall–Kier alpha value is -2.93. The number of hydrogen-bond acceptors (Lipinski definition) is 3. The molecule has 7 heteroatoms. The molecule has 3 rings (SSSR count). The molecule has 0 aliphatic carbocycles. The summed E-state index contributed by atoms with van der Waals surface area (Å²) in [5, 5.41) is 10.3. The lowest BCUT2D eigenvalue weighted by Crippen LogP contribution is -2.33. The van der Waals surface area contributed by atoms with Gasteiger partial charge in [-0.15, -0.1) is 0 Å². The maximum atomic E-state index is 12.6. The van der Waals surface area contributed by atoms with Crippen LogP contribution < -0.4 is 10.6 Å². The molecule has 0 unspecified atom stereocenters. The minimum Gasteiger partial charge on any atom is -0.343 e. The van der Waals surface area contributed by atoms with E-state index in [0.717, 1.165) is 21.4 Å². The van der Waals surface area contributed by atoms with E-state index in [4.69, 9.17) is 5.10 Å². The van der Waals surface area contributed by atoms with E-state index in [1.165, 1.54) is 0 Å². The van der Waals surface area contributed by atoms with Crippen molar-refractivity contribution in [2.24, 2.45) is 0 Å². The summed E-state index contributed by atoms with van der Waals surface area (Å²) in [5.41, 5.74) is 3.10. The summed E-state index contributed by atoms with van der Waals surface area (Å²) >= 11 is 3.34. The number of nitrogens with zero attached hydrogens (tertiary/aromatic N) is 2. The molecular weight excluding hydrogens is 444 g/mol. The molecule has 6 nitrogen and oxygen atoms in total. The number of nitrogens with one attached hydrogen (secondary N) is 2. The van der Waals surface area contributed by atoms with Gasteiger partial charge in [-0.1, -0.05) is 61.0 Å². The fourth-order valence-electron chi connectivity index (χ4n) is 2.90. The maximum absolute atomic E-state index is 12.6. The number of aromatic nitrogens is 2. The van der Waals surface area contributed by atoms with Gasteiger partial charge >= 0.3 is 0 Å². The first-order valence-electron chi connectivity index (χ1n) is 9.65. The number of hydrogen-bond donors (Lipinski definition) is 2. The molecule has 0 aliphatic rings. The van der Waals surface area contributed by atoms with Crippen LogP contribution >= 0.6 is 15.9 Å². The van der Waals surface area contributed by atoms with Crippen molar-refractivity contribution in [3.8, 4) is 5.69 Å². The molecule has 2 aromatic carbocycles. The molecule has 1 heterocycles. The molecule has 0 saturated carbocycles. The zero-order chi connectivity index (χ0) is 21.9. The molecule has 2 N–H and O–H groups in total. The highest BCUT2D eigenvalue weighted by molar-refractivity contribution is 9.10. The van der Waals surface area contributed by atoms with Crippen LogP contribution in [-0.2, 0) is 10.2 Å². The van der Waals surface area contributed by atoms with E-state index >= 15 is 0 Å². The molecule has 2 amide bonds. The summed E-state index contributed by atoms with van der Waals surface area (Å²) in [5.74, 6) is -0.0706. The van der Waals surface area contributed by atoms with E-state index < -0.39 is 0 Å². The van der Waals surface area contributed by atoms with Gasteiger partial charge in [0.05, 0.1) is 17.9 Å². The molecule has 3 aromatic rings. The van der Waals surface area contributed by atoms with Crippen molar-refractivity contribution in [3.05, 3.63) is 75.9 Å². The molecule has 0 saturated heterocycles. The van der Waals surface area contributed by atoms with Crippen LogP contribution in [0.1, 0.15) is 42.4 Å². The summed E-state index contributed by atoms with van der Waals surface area (Å²) in [6, 6.07) is 16.7. The zero-order valence-corrected chi connectivity index (χ0v) is 19.1. The first kappa shape index (κ1) is 21.8. The van der Waals surface area contributed by atoms with Gasteiger partial charge in [-0.3, -0.25) is 9.59 Å². The second kappa shape index (κ2) is 8.83. The largest absolute Gasteiger partial charge is 0.343 e. The summed E-state index contributed by atoms with van der Waals surface area (Å²) in [7, 11) is 0. The molecule has 0 fully saturated rings. The van der Waals surface area contributed by atoms with Gasteiger partial charge in [0, 0.05) is 21.5 Å². The summed E-state index contributed by atoms with van der Waals surface area (Å²) in [6.45, 7) is 8.07. The van der Waals surface area contributed by atoms with Crippen LogP contribution in [0.15, 0.2) is 59.1 Å². The molecule has 0 aliphatic heterocycles. The normalized spacial score (nSPS) is 11.2. The summed E-state index contributed by atoms with van der Waals surface area (Å²) in [6.07, 6.45) is 0. The Bertz CT molecular complexity index is 1080. The van der Waals surface area contributed by atoms with Crippen molar-refractivity contribution in [3.63, 3.8) is 0 Å². The third kappa shape index (κ3) is 5.16. The van der Waals surface area contributed by atoms with Crippen LogP contribution in [0.3, 0.4) is 0 Å². The van der Waals surface area contributed by atoms with Gasteiger partial charge in [-0.05, 0) is 36.8 Å². The van der Waals surface area contributed by atoms with E-state index in [1.807, 2.05) is 43.3 Å². The lowest BCUT2D eigenvalue weighted by Gasteiger charge is -2.14. The molecule has 0 radical (unpaired) electrons. The number of amides is 2. The Kier molecular flexibility index (Phi) is 6.41. The van der Waals surface area contributed by atoms with Gasteiger partial charge in [-0.25, -0.2) is 4.68 Å². The van der Waals surface area contributed by atoms with Crippen molar-refractivity contribution in [2.75, 3.05) is 11.9 Å². The van der Waals surface area contributed by atoms with Crippen LogP contribution in [0.4, 0.5) is 5.82 Å². The smallest absolute Gasteiger partial charge is 0.251 e. The van der Waals surface area contributed by atoms with Crippen LogP contribution in [0.2, 0.25) is 0 Å². The van der Waals surface area contributed by atoms with Crippen LogP contribution in [0, 0.1) is 6.92 Å². The second-order valence-electron chi connectivity index (χ2n) is 8.10. The van der Waals surface area contributed by atoms with Gasteiger partial charge in [0.15, 0.2) is 0 Å². The van der Waals surface area contributed by atoms with Gasteiger partial charge < -0.3 is 10.6 Å². The Labute approximate surface area is 184 Å². The van der Waals surface area contributed by atoms with Crippen molar-refractivity contribution < 1.29 is 9.59 Å². The first-order chi connectivity index (χ1) is 14.1. The Morgan fingerprint density at radius 1 is 1.07 bits per heavy atom. The van der Waals surface area contributed by atoms with E-state index in [2.05, 4.69) is 47.3 Å². The molecular formula is C23H25BrN4O2. The van der Waals surface area contributed by atoms with Crippen LogP contribution in [0.25, 0.3) is 5.69 Å². The number of anilines is 1. The lowest BCUT2D eigenvalue weighted by atomic mass is 9.92. The predicted molar refractivity (Wildman–Crippen MR) is 122 cm³/mol. The van der Waals surface area contributed by atoms with E-state index in [1.54, 1.807) is 22.9 Å². The zero-order valence-electron chi connectivity index (χ0n) is 17.5. The fraction of sp³-hybridized carbons (Fsp3) is 0.261. The molecule has 0 bridgehead atoms. The third-order valence-corrected chi connectivity index (χ3v) is 5.08. The Morgan fingerprint density at radius 2 is 1.80 bits per heavy atom. The summed E-state index contributed by atoms with van der Waals surface area (Å²) in [4.78, 5) is 24.9. The minimum absolute atomic E-state index is 0.144. The number of benzene rings is 2. The maximum Gasteiger partial charge on any atom is 0.251 e. The van der Waals surface area contributed by atoms with Gasteiger partial charge in [0.25, 0.3) is 5.91 Å². The fourth-order valence-corrected chi connectivity index (χ4v) is 3.30. The van der Waals surface area contributed by atoms with Gasteiger partial charge in [0.2, 0.25) is 5.91 Å². The third-order valence-electron chi connectivity index (χ3n) is 4.59. The molecule has 0 atom stereocenters. The highest BCUT2D eigenvalue weighted by Gasteiger charge is 2.22. The highest BCUT2D eigenvalue weighted by atomic mass is 79.9. The van der Waals surface area contributed by atoms with Crippen molar-refractivity contribution in [1.82, 2.24) is 15.1 Å². The van der Waals surface area contributed by atoms with Crippen molar-refractivity contribution in [1.29, 1.82) is 0 Å². The first-order valence-corrected chi connectivity index (χ1v) is 10.4. The molecule has 1 aromatic heterocycles. The Morgan fingerprint density at radius 3 is 2.47 bits per heavy atom. The van der Waals surface area contributed by atoms with E-state index in [0.29, 0.717) is 11.4 Å². The van der Waals surface area contributed by atoms with Gasteiger partial charge in [-0.2, -0.15) is 5.10 Å². The van der Waals surface area contributed by atoms with Gasteiger partial charge in [0.1, 0.15) is 5.82 Å². The van der Waals surface area contributed by atoms with Crippen molar-refractivity contribution >= 4 is 33.6 Å². The average Bonchev–Trinajstić information content (AvgIpc) is 3.10. The lowest BCUT2D eigenvalue weighted by molar-refractivity contribution is -0.115. The van der Waals surface area contributed by atoms with Crippen molar-refractivity contribution in [2.45, 2.75) is 33.1 Å². The number of rotatable bonds is 5. The topological polar surface area (TPSA) is 76.0 Å². The summed E-state index contributed by atoms with van der Waals surface area (Å²) < 4.78 is 2.54.